The topological polar surface area (TPSA) is 100.0 Å². The molecule has 51 heavy (non-hydrogen) atoms. The second-order valence-corrected chi connectivity index (χ2v) is 12.3. The Balaban J connectivity index is 1.27. The molecule has 240 valence electrons. The van der Waals surface area contributed by atoms with Gasteiger partial charge in [-0.1, -0.05) is 103 Å². The molecule has 0 amide bonds. The van der Waals surface area contributed by atoms with Crippen LogP contribution in [-0.4, -0.2) is 33.5 Å². The Bertz CT molecular complexity index is 3070. The number of hydrogen-bond donors (Lipinski definition) is 0. The molecule has 0 radical (unpaired) electrons. The molecule has 0 aliphatic heterocycles. The molecule has 9 heteroatoms. The fraction of sp³-hybridized carbons (Fsp3) is 0. The van der Waals surface area contributed by atoms with Gasteiger partial charge in [-0.05, 0) is 48.5 Å². The maximum atomic E-state index is 14.3. The van der Waals surface area contributed by atoms with Gasteiger partial charge in [0.25, 0.3) is 11.1 Å². The molecule has 0 spiro atoms. The van der Waals surface area contributed by atoms with Gasteiger partial charge >= 0.3 is 0 Å². The summed E-state index contributed by atoms with van der Waals surface area (Å²) in [5, 5.41) is 2.73. The van der Waals surface area contributed by atoms with E-state index in [1.165, 1.54) is 8.97 Å². The van der Waals surface area contributed by atoms with E-state index in [9.17, 15) is 9.59 Å². The number of fused-ring (bicyclic) bond motifs is 7. The molecule has 9 nitrogen and oxygen atoms in total. The zero-order chi connectivity index (χ0) is 34.1. The van der Waals surface area contributed by atoms with Crippen molar-refractivity contribution < 1.29 is 0 Å². The third-order valence-electron chi connectivity index (χ3n) is 9.34. The van der Waals surface area contributed by atoms with Crippen molar-refractivity contribution in [2.45, 2.75) is 0 Å². The highest BCUT2D eigenvalue weighted by atomic mass is 16.1. The Morgan fingerprint density at radius 1 is 0.412 bits per heavy atom. The highest BCUT2D eigenvalue weighted by molar-refractivity contribution is 6.09. The average molecular weight is 660 g/mol. The standard InChI is InChI=1S/C42H25N7O2/c50-39-30-18-7-10-20-33(30)43-42-47(40(51)31-19-9-12-22-35(31)49(39)42)28-23-24-36-32(25-28)29-17-8-11-21-34(29)48(36)41-45-37(26-13-3-1-4-14-26)44-38(46-41)27-15-5-2-6-16-27/h1-25H. The van der Waals surface area contributed by atoms with E-state index in [4.69, 9.17) is 19.9 Å². The number of rotatable bonds is 4. The maximum Gasteiger partial charge on any atom is 0.267 e. The normalized spacial score (nSPS) is 11.7. The zero-order valence-corrected chi connectivity index (χ0v) is 26.9. The summed E-state index contributed by atoms with van der Waals surface area (Å²) in [6.45, 7) is 0. The first-order valence-electron chi connectivity index (χ1n) is 16.5. The fourth-order valence-electron chi connectivity index (χ4n) is 6.99. The summed E-state index contributed by atoms with van der Waals surface area (Å²) < 4.78 is 5.10. The smallest absolute Gasteiger partial charge is 0.267 e. The molecule has 0 unspecified atom stereocenters. The molecule has 4 aromatic heterocycles. The van der Waals surface area contributed by atoms with E-state index in [2.05, 4.69) is 0 Å². The van der Waals surface area contributed by atoms with E-state index in [-0.39, 0.29) is 16.9 Å². The van der Waals surface area contributed by atoms with Gasteiger partial charge in [0.1, 0.15) is 0 Å². The van der Waals surface area contributed by atoms with Crippen molar-refractivity contribution >= 4 is 49.4 Å². The lowest BCUT2D eigenvalue weighted by Gasteiger charge is -2.14. The largest absolute Gasteiger partial charge is 0.278 e. The van der Waals surface area contributed by atoms with Crippen LogP contribution in [0.1, 0.15) is 0 Å². The van der Waals surface area contributed by atoms with Crippen molar-refractivity contribution in [2.24, 2.45) is 0 Å². The summed E-state index contributed by atoms with van der Waals surface area (Å²) in [5.41, 5.74) is 4.58. The summed E-state index contributed by atoms with van der Waals surface area (Å²) in [7, 11) is 0. The Labute approximate surface area is 289 Å². The molecular formula is C42H25N7O2. The van der Waals surface area contributed by atoms with Crippen molar-refractivity contribution in [3.63, 3.8) is 0 Å². The van der Waals surface area contributed by atoms with E-state index in [1.807, 2.05) is 126 Å². The van der Waals surface area contributed by atoms with Gasteiger partial charge in [-0.2, -0.15) is 9.97 Å². The van der Waals surface area contributed by atoms with Gasteiger partial charge in [-0.15, -0.1) is 0 Å². The monoisotopic (exact) mass is 659 g/mol. The highest BCUT2D eigenvalue weighted by Crippen LogP contribution is 2.34. The van der Waals surface area contributed by atoms with Crippen molar-refractivity contribution in [1.82, 2.24) is 33.5 Å². The van der Waals surface area contributed by atoms with Crippen LogP contribution in [-0.2, 0) is 0 Å². The van der Waals surface area contributed by atoms with Crippen molar-refractivity contribution in [3.05, 3.63) is 172 Å². The molecule has 10 aromatic rings. The predicted molar refractivity (Wildman–Crippen MR) is 201 cm³/mol. The van der Waals surface area contributed by atoms with Gasteiger partial charge in [0.15, 0.2) is 11.6 Å². The molecular weight excluding hydrogens is 635 g/mol. The van der Waals surface area contributed by atoms with Crippen LogP contribution in [0.2, 0.25) is 0 Å². The predicted octanol–water partition coefficient (Wildman–Crippen LogP) is 7.77. The van der Waals surface area contributed by atoms with E-state index >= 15 is 0 Å². The van der Waals surface area contributed by atoms with Crippen LogP contribution in [0.15, 0.2) is 161 Å². The van der Waals surface area contributed by atoms with Crippen LogP contribution in [0.3, 0.4) is 0 Å². The molecule has 0 N–H and O–H groups in total. The molecule has 6 aromatic carbocycles. The number of para-hydroxylation sites is 3. The van der Waals surface area contributed by atoms with E-state index in [0.717, 1.165) is 32.9 Å². The van der Waals surface area contributed by atoms with Gasteiger partial charge in [0, 0.05) is 21.9 Å². The third kappa shape index (κ3) is 4.42. The van der Waals surface area contributed by atoms with Gasteiger partial charge < -0.3 is 0 Å². The van der Waals surface area contributed by atoms with Crippen molar-refractivity contribution in [1.29, 1.82) is 0 Å². The Kier molecular flexibility index (Phi) is 6.28. The minimum atomic E-state index is -0.270. The van der Waals surface area contributed by atoms with Gasteiger partial charge in [-0.25, -0.2) is 18.9 Å². The third-order valence-corrected chi connectivity index (χ3v) is 9.34. The number of aromatic nitrogens is 7. The lowest BCUT2D eigenvalue weighted by molar-refractivity contribution is 0.941. The van der Waals surface area contributed by atoms with E-state index < -0.39 is 0 Å². The fourth-order valence-corrected chi connectivity index (χ4v) is 6.99. The summed E-state index contributed by atoms with van der Waals surface area (Å²) in [6.07, 6.45) is 0. The molecule has 0 fully saturated rings. The number of benzene rings is 6. The van der Waals surface area contributed by atoms with Crippen molar-refractivity contribution in [2.75, 3.05) is 0 Å². The van der Waals surface area contributed by atoms with Crippen LogP contribution in [0.5, 0.6) is 0 Å². The molecule has 0 aliphatic rings. The summed E-state index contributed by atoms with van der Waals surface area (Å²) >= 11 is 0. The summed E-state index contributed by atoms with van der Waals surface area (Å²) in [4.78, 5) is 48.1. The van der Waals surface area contributed by atoms with Gasteiger partial charge in [0.05, 0.1) is 38.5 Å². The van der Waals surface area contributed by atoms with E-state index in [0.29, 0.717) is 45.1 Å². The Morgan fingerprint density at radius 3 is 1.69 bits per heavy atom. The van der Waals surface area contributed by atoms with Crippen LogP contribution >= 0.6 is 0 Å². The Morgan fingerprint density at radius 2 is 0.980 bits per heavy atom. The minimum Gasteiger partial charge on any atom is -0.278 e. The van der Waals surface area contributed by atoms with Crippen molar-refractivity contribution in [3.8, 4) is 34.4 Å². The molecule has 0 saturated heterocycles. The van der Waals surface area contributed by atoms with E-state index in [1.54, 1.807) is 30.3 Å². The van der Waals surface area contributed by atoms with Crippen LogP contribution in [0.25, 0.3) is 83.8 Å². The first kappa shape index (κ1) is 28.7. The van der Waals surface area contributed by atoms with Gasteiger partial charge in [0.2, 0.25) is 11.7 Å². The van der Waals surface area contributed by atoms with Crippen LogP contribution < -0.4 is 11.1 Å². The lowest BCUT2D eigenvalue weighted by Crippen LogP contribution is -2.28. The number of nitrogens with zero attached hydrogens (tertiary/aromatic N) is 7. The first-order chi connectivity index (χ1) is 25.1. The number of hydrogen-bond acceptors (Lipinski definition) is 6. The summed E-state index contributed by atoms with van der Waals surface area (Å²) in [5.74, 6) is 1.82. The summed E-state index contributed by atoms with van der Waals surface area (Å²) in [6, 6.07) is 48.0. The van der Waals surface area contributed by atoms with Crippen LogP contribution in [0.4, 0.5) is 0 Å². The second-order valence-electron chi connectivity index (χ2n) is 12.3. The lowest BCUT2D eigenvalue weighted by atomic mass is 10.1. The minimum absolute atomic E-state index is 0.239. The molecule has 4 heterocycles. The Hall–Kier alpha value is -7.26. The quantitative estimate of drug-likeness (QED) is 0.141. The van der Waals surface area contributed by atoms with Gasteiger partial charge in [-0.3, -0.25) is 14.2 Å². The maximum absolute atomic E-state index is 14.3. The molecule has 0 aliphatic carbocycles. The second kappa shape index (κ2) is 11.1. The highest BCUT2D eigenvalue weighted by Gasteiger charge is 2.21. The van der Waals surface area contributed by atoms with Crippen LogP contribution in [0, 0.1) is 0 Å². The molecule has 0 bridgehead atoms. The first-order valence-corrected chi connectivity index (χ1v) is 16.5. The molecule has 0 atom stereocenters. The zero-order valence-electron chi connectivity index (χ0n) is 26.9. The average Bonchev–Trinajstić information content (AvgIpc) is 3.52. The SMILES string of the molecule is O=c1c2ccccc2n2c(=O)c3ccccc3nc2n1-c1ccc2c(c1)c1ccccc1n2-c1nc(-c2ccccc2)nc(-c2ccccc2)n1. The molecule has 0 saturated carbocycles. The molecule has 10 rings (SSSR count).